The normalized spacial score (nSPS) is 14.3. The zero-order chi connectivity index (χ0) is 27.1. The minimum Gasteiger partial charge on any atom is -0.434 e. The minimum absolute atomic E-state index is 0.458. The fourth-order valence-electron chi connectivity index (χ4n) is 7.22. The van der Waals surface area contributed by atoms with Crippen LogP contribution in [-0.2, 0) is 9.47 Å². The smallest absolute Gasteiger partial charge is 0.434 e. The molecule has 0 rings (SSSR count). The molecule has 0 amide bonds. The third kappa shape index (κ3) is 19.7. The lowest BCUT2D eigenvalue weighted by molar-refractivity contribution is 0.0553. The third-order valence-corrected chi connectivity index (χ3v) is 41.2. The summed E-state index contributed by atoms with van der Waals surface area (Å²) in [6, 6.07) is 2.50. The lowest BCUT2D eigenvalue weighted by atomic mass is 10.5. The molecule has 0 aromatic carbocycles. The maximum Gasteiger partial charge on any atom is 0.508 e. The van der Waals surface area contributed by atoms with Gasteiger partial charge in [-0.05, 0) is 12.8 Å². The predicted molar refractivity (Wildman–Crippen MR) is 172 cm³/mol. The van der Waals surface area contributed by atoms with E-state index in [1.807, 2.05) is 0 Å². The molecule has 0 aromatic rings. The van der Waals surface area contributed by atoms with Gasteiger partial charge in [-0.2, -0.15) is 0 Å². The van der Waals surface area contributed by atoms with Crippen molar-refractivity contribution in [2.24, 2.45) is 0 Å². The largest absolute Gasteiger partial charge is 0.508 e. The van der Waals surface area contributed by atoms with Crippen LogP contribution in [0.5, 0.6) is 0 Å². The van der Waals surface area contributed by atoms with Crippen molar-refractivity contribution in [3.63, 3.8) is 0 Å². The molecule has 3 nitrogen and oxygen atoms in total. The summed E-state index contributed by atoms with van der Waals surface area (Å²) in [6.45, 7) is 36.6. The Kier molecular flexibility index (Phi) is 13.6. The second kappa shape index (κ2) is 13.4. The molecular formula is C25H62O3Si6. The van der Waals surface area contributed by atoms with E-state index in [0.29, 0.717) is 13.2 Å². The average molecular weight is 579 g/mol. The van der Waals surface area contributed by atoms with E-state index in [1.54, 1.807) is 0 Å². The predicted octanol–water partition coefficient (Wildman–Crippen LogP) is 9.59. The lowest BCUT2D eigenvalue weighted by Gasteiger charge is -2.36. The van der Waals surface area contributed by atoms with Crippen LogP contribution in [0.15, 0.2) is 0 Å². The summed E-state index contributed by atoms with van der Waals surface area (Å²) in [4.78, 5) is 12.1. The highest BCUT2D eigenvalue weighted by atomic mass is 28.4. The lowest BCUT2D eigenvalue weighted by Crippen LogP contribution is -2.44. The summed E-state index contributed by atoms with van der Waals surface area (Å²) in [5.74, 6) is 0. The van der Waals surface area contributed by atoms with Gasteiger partial charge in [-0.15, -0.1) is 0 Å². The molecule has 204 valence electrons. The fraction of sp³-hybridized carbons (Fsp3) is 0.960. The fourth-order valence-corrected chi connectivity index (χ4v) is 57.8. The van der Waals surface area contributed by atoms with E-state index < -0.39 is 54.6 Å². The second-order valence-electron chi connectivity index (χ2n) is 16.6. The first-order valence-corrected chi connectivity index (χ1v) is 34.8. The number of carbonyl (C=O) groups excluding carboxylic acids is 1. The average Bonchev–Trinajstić information content (AvgIpc) is 2.48. The maximum absolute atomic E-state index is 12.1. The Morgan fingerprint density at radius 1 is 0.471 bits per heavy atom. The van der Waals surface area contributed by atoms with Gasteiger partial charge in [-0.3, -0.25) is 0 Å². The van der Waals surface area contributed by atoms with Gasteiger partial charge in [0.15, 0.2) is 0 Å². The first-order valence-electron chi connectivity index (χ1n) is 13.7. The SMILES string of the molecule is C[Si](C)(C)C[Si](C)(C)C[Si](C)(C)CCCOC(=O)OCCC[Si](C)(C)C[Si](C)(C)C[Si](C)(C)C. The van der Waals surface area contributed by atoms with Gasteiger partial charge in [-0.25, -0.2) is 4.79 Å². The molecular weight excluding hydrogens is 517 g/mol. The summed E-state index contributed by atoms with van der Waals surface area (Å²) in [6.07, 6.45) is 1.52. The molecule has 0 heterocycles. The highest BCUT2D eigenvalue weighted by Crippen LogP contribution is 2.31. The molecule has 9 heteroatoms. The first-order chi connectivity index (χ1) is 14.9. The Morgan fingerprint density at radius 3 is 1.03 bits per heavy atom. The van der Waals surface area contributed by atoms with Crippen LogP contribution in [0.25, 0.3) is 0 Å². The molecule has 0 aromatic heterocycles. The zero-order valence-electron chi connectivity index (χ0n) is 25.8. The minimum atomic E-state index is -1.24. The molecule has 0 radical (unpaired) electrons. The van der Waals surface area contributed by atoms with E-state index in [2.05, 4.69) is 91.7 Å². The Hall–Kier alpha value is 0.571. The van der Waals surface area contributed by atoms with E-state index in [0.717, 1.165) is 12.8 Å². The van der Waals surface area contributed by atoms with Crippen LogP contribution >= 0.6 is 0 Å². The molecule has 0 N–H and O–H groups in total. The summed E-state index contributed by atoms with van der Waals surface area (Å²) in [5.41, 5.74) is 6.03. The topological polar surface area (TPSA) is 35.5 Å². The maximum atomic E-state index is 12.1. The summed E-state index contributed by atoms with van der Waals surface area (Å²) >= 11 is 0. The summed E-state index contributed by atoms with van der Waals surface area (Å²) in [7, 11) is -6.70. The number of carbonyl (C=O) groups is 1. The molecule has 0 aliphatic heterocycles. The molecule has 0 saturated carbocycles. The summed E-state index contributed by atoms with van der Waals surface area (Å²) in [5, 5.41) is 0. The molecule has 0 saturated heterocycles. The quantitative estimate of drug-likeness (QED) is 0.104. The standard InChI is InChI=1S/C25H62O3Si6/c1-29(2,3)21-33(11,12)23-31(7,8)19-15-17-27-25(26)28-18-16-20-32(9,10)24-34(13,14)22-30(4,5)6/h15-24H2,1-14H3. The Balaban J connectivity index is 4.22. The Morgan fingerprint density at radius 2 is 0.765 bits per heavy atom. The van der Waals surface area contributed by atoms with Gasteiger partial charge in [0, 0.05) is 48.4 Å². The third-order valence-electron chi connectivity index (χ3n) is 6.37. The highest BCUT2D eigenvalue weighted by Gasteiger charge is 2.36. The van der Waals surface area contributed by atoms with E-state index in [1.165, 1.54) is 34.8 Å². The Bertz CT molecular complexity index is 567. The van der Waals surface area contributed by atoms with Crippen molar-refractivity contribution >= 4 is 54.6 Å². The van der Waals surface area contributed by atoms with Crippen molar-refractivity contribution in [1.82, 2.24) is 0 Å². The Labute approximate surface area is 220 Å². The van der Waals surface area contributed by atoms with Crippen LogP contribution in [0.3, 0.4) is 0 Å². The first kappa shape index (κ1) is 34.6. The number of ether oxygens (including phenoxy) is 2. The molecule has 0 spiro atoms. The highest BCUT2D eigenvalue weighted by molar-refractivity contribution is 7.03. The molecule has 34 heavy (non-hydrogen) atoms. The van der Waals surface area contributed by atoms with E-state index >= 15 is 0 Å². The van der Waals surface area contributed by atoms with Crippen LogP contribution in [0.4, 0.5) is 4.79 Å². The van der Waals surface area contributed by atoms with Crippen LogP contribution in [-0.4, -0.2) is 67.8 Å². The number of rotatable bonds is 16. The molecule has 0 fully saturated rings. The van der Waals surface area contributed by atoms with Crippen LogP contribution in [0.1, 0.15) is 12.8 Å². The van der Waals surface area contributed by atoms with Gasteiger partial charge >= 0.3 is 6.16 Å². The number of hydrogen-bond donors (Lipinski definition) is 0. The van der Waals surface area contributed by atoms with Crippen molar-refractivity contribution < 1.29 is 14.3 Å². The van der Waals surface area contributed by atoms with Crippen molar-refractivity contribution in [2.45, 2.75) is 139 Å². The van der Waals surface area contributed by atoms with Crippen LogP contribution in [0, 0.1) is 0 Å². The van der Waals surface area contributed by atoms with Gasteiger partial charge in [-0.1, -0.05) is 126 Å². The van der Waals surface area contributed by atoms with E-state index in [4.69, 9.17) is 9.47 Å². The number of hydrogen-bond acceptors (Lipinski definition) is 3. The van der Waals surface area contributed by atoms with Crippen LogP contribution in [0.2, 0.25) is 126 Å². The van der Waals surface area contributed by atoms with Crippen molar-refractivity contribution in [3.8, 4) is 0 Å². The zero-order valence-corrected chi connectivity index (χ0v) is 31.8. The van der Waals surface area contributed by atoms with Crippen molar-refractivity contribution in [1.29, 1.82) is 0 Å². The molecule has 0 atom stereocenters. The molecule has 0 aliphatic rings. The molecule has 0 bridgehead atoms. The van der Waals surface area contributed by atoms with Gasteiger partial charge in [0.1, 0.15) is 0 Å². The van der Waals surface area contributed by atoms with Crippen molar-refractivity contribution in [2.75, 3.05) is 13.2 Å². The van der Waals surface area contributed by atoms with Gasteiger partial charge in [0.25, 0.3) is 0 Å². The second-order valence-corrected chi connectivity index (χ2v) is 50.9. The molecule has 0 unspecified atom stereocenters. The van der Waals surface area contributed by atoms with Crippen LogP contribution < -0.4 is 0 Å². The summed E-state index contributed by atoms with van der Waals surface area (Å²) < 4.78 is 10.8. The van der Waals surface area contributed by atoms with E-state index in [9.17, 15) is 4.79 Å². The van der Waals surface area contributed by atoms with Gasteiger partial charge in [0.05, 0.1) is 13.2 Å². The monoisotopic (exact) mass is 578 g/mol. The van der Waals surface area contributed by atoms with Gasteiger partial charge < -0.3 is 9.47 Å². The van der Waals surface area contributed by atoms with E-state index in [-0.39, 0.29) is 0 Å². The molecule has 0 aliphatic carbocycles. The van der Waals surface area contributed by atoms with Gasteiger partial charge in [0.2, 0.25) is 0 Å². The van der Waals surface area contributed by atoms with Crippen molar-refractivity contribution in [3.05, 3.63) is 0 Å².